The summed E-state index contributed by atoms with van der Waals surface area (Å²) >= 11 is 9.51. The fourth-order valence-electron chi connectivity index (χ4n) is 1.99. The molecule has 0 unspecified atom stereocenters. The Labute approximate surface area is 157 Å². The zero-order chi connectivity index (χ0) is 17.8. The molecule has 1 N–H and O–H groups in total. The van der Waals surface area contributed by atoms with Crippen molar-refractivity contribution in [1.82, 2.24) is 19.7 Å². The maximum absolute atomic E-state index is 12.2. The molecule has 0 aliphatic rings. The zero-order valence-electron chi connectivity index (χ0n) is 13.1. The van der Waals surface area contributed by atoms with Gasteiger partial charge in [0.1, 0.15) is 16.9 Å². The van der Waals surface area contributed by atoms with Crippen molar-refractivity contribution >= 4 is 39.1 Å². The van der Waals surface area contributed by atoms with Gasteiger partial charge in [-0.05, 0) is 28.1 Å². The van der Waals surface area contributed by atoms with Crippen LogP contribution in [0.4, 0.5) is 5.69 Å². The van der Waals surface area contributed by atoms with Crippen LogP contribution in [0.3, 0.4) is 0 Å². The van der Waals surface area contributed by atoms with Gasteiger partial charge < -0.3 is 10.1 Å². The average molecular weight is 423 g/mol. The van der Waals surface area contributed by atoms with Crippen LogP contribution >= 0.6 is 27.5 Å². The molecule has 0 spiro atoms. The minimum atomic E-state index is -0.365. The molecule has 9 heteroatoms. The van der Waals surface area contributed by atoms with Gasteiger partial charge in [0, 0.05) is 31.1 Å². The highest BCUT2D eigenvalue weighted by Crippen LogP contribution is 2.20. The number of hydrogen-bond donors (Lipinski definition) is 1. The fraction of sp³-hybridized carbons (Fsp3) is 0.125. The third kappa shape index (κ3) is 4.55. The Bertz CT molecular complexity index is 915. The number of carbonyl (C=O) groups is 1. The molecule has 0 saturated carbocycles. The minimum absolute atomic E-state index is 0.194. The summed E-state index contributed by atoms with van der Waals surface area (Å²) in [5.41, 5.74) is 1.44. The number of rotatable bonds is 5. The van der Waals surface area contributed by atoms with E-state index in [1.54, 1.807) is 36.3 Å². The summed E-state index contributed by atoms with van der Waals surface area (Å²) in [6.45, 7) is 0.194. The zero-order valence-corrected chi connectivity index (χ0v) is 15.5. The van der Waals surface area contributed by atoms with Gasteiger partial charge in [-0.25, -0.2) is 4.98 Å². The minimum Gasteiger partial charge on any atom is -0.473 e. The largest absolute Gasteiger partial charge is 0.473 e. The van der Waals surface area contributed by atoms with E-state index >= 15 is 0 Å². The number of nitrogens with zero attached hydrogens (tertiary/aromatic N) is 4. The molecule has 25 heavy (non-hydrogen) atoms. The molecule has 0 saturated heterocycles. The molecule has 0 aliphatic heterocycles. The van der Waals surface area contributed by atoms with E-state index in [-0.39, 0.29) is 18.2 Å². The summed E-state index contributed by atoms with van der Waals surface area (Å²) < 4.78 is 7.84. The molecule has 0 bridgehead atoms. The number of halogens is 2. The van der Waals surface area contributed by atoms with Crippen molar-refractivity contribution in [1.29, 1.82) is 0 Å². The lowest BCUT2D eigenvalue weighted by atomic mass is 10.2. The van der Waals surface area contributed by atoms with Gasteiger partial charge in [-0.3, -0.25) is 14.5 Å². The van der Waals surface area contributed by atoms with Gasteiger partial charge in [0.15, 0.2) is 0 Å². The second-order valence-corrected chi connectivity index (χ2v) is 6.32. The lowest BCUT2D eigenvalue weighted by Gasteiger charge is -2.08. The van der Waals surface area contributed by atoms with Gasteiger partial charge in [-0.1, -0.05) is 17.7 Å². The van der Waals surface area contributed by atoms with Crippen LogP contribution in [-0.4, -0.2) is 25.7 Å². The normalized spacial score (nSPS) is 10.5. The van der Waals surface area contributed by atoms with Gasteiger partial charge in [0.2, 0.25) is 5.88 Å². The number of ether oxygens (including phenoxy) is 1. The van der Waals surface area contributed by atoms with Crippen LogP contribution in [0.2, 0.25) is 5.02 Å². The van der Waals surface area contributed by atoms with Crippen molar-refractivity contribution in [3.8, 4) is 5.88 Å². The number of carbonyl (C=O) groups excluding carboxylic acids is 1. The Morgan fingerprint density at radius 3 is 2.92 bits per heavy atom. The summed E-state index contributed by atoms with van der Waals surface area (Å²) in [6.07, 6.45) is 4.75. The van der Waals surface area contributed by atoms with Crippen LogP contribution in [0, 0.1) is 0 Å². The molecule has 3 rings (SSSR count). The molecule has 3 aromatic rings. The third-order valence-electron chi connectivity index (χ3n) is 3.19. The molecule has 0 aromatic carbocycles. The summed E-state index contributed by atoms with van der Waals surface area (Å²) in [5.74, 6) is 0.0971. The molecule has 7 nitrogen and oxygen atoms in total. The van der Waals surface area contributed by atoms with Crippen LogP contribution in [0.15, 0.2) is 47.5 Å². The Morgan fingerprint density at radius 2 is 2.24 bits per heavy atom. The van der Waals surface area contributed by atoms with Crippen molar-refractivity contribution in [3.63, 3.8) is 0 Å². The van der Waals surface area contributed by atoms with Gasteiger partial charge in [-0.2, -0.15) is 5.10 Å². The van der Waals surface area contributed by atoms with Gasteiger partial charge in [-0.15, -0.1) is 0 Å². The molecule has 0 fully saturated rings. The SMILES string of the molecule is Cn1cc(NC(=O)c2cc(Cl)c(COc3cccc(Br)n3)cn2)cn1. The van der Waals surface area contributed by atoms with E-state index in [1.807, 2.05) is 6.07 Å². The van der Waals surface area contributed by atoms with E-state index in [9.17, 15) is 4.79 Å². The molecular weight excluding hydrogens is 410 g/mol. The monoisotopic (exact) mass is 421 g/mol. The highest BCUT2D eigenvalue weighted by Gasteiger charge is 2.12. The smallest absolute Gasteiger partial charge is 0.274 e. The first-order valence-corrected chi connectivity index (χ1v) is 8.38. The van der Waals surface area contributed by atoms with E-state index in [2.05, 4.69) is 36.3 Å². The highest BCUT2D eigenvalue weighted by atomic mass is 79.9. The van der Waals surface area contributed by atoms with Crippen LogP contribution in [-0.2, 0) is 13.7 Å². The molecule has 3 aromatic heterocycles. The van der Waals surface area contributed by atoms with E-state index in [0.29, 0.717) is 26.8 Å². The van der Waals surface area contributed by atoms with E-state index in [1.165, 1.54) is 12.3 Å². The first kappa shape index (κ1) is 17.4. The fourth-order valence-corrected chi connectivity index (χ4v) is 2.53. The first-order valence-electron chi connectivity index (χ1n) is 7.21. The van der Waals surface area contributed by atoms with Crippen molar-refractivity contribution in [2.24, 2.45) is 7.05 Å². The van der Waals surface area contributed by atoms with Crippen LogP contribution in [0.25, 0.3) is 0 Å². The van der Waals surface area contributed by atoms with Crippen molar-refractivity contribution in [2.75, 3.05) is 5.32 Å². The number of hydrogen-bond acceptors (Lipinski definition) is 5. The summed E-state index contributed by atoms with van der Waals surface area (Å²) in [7, 11) is 1.76. The molecule has 0 aliphatic carbocycles. The van der Waals surface area contributed by atoms with Crippen molar-refractivity contribution in [3.05, 3.63) is 63.7 Å². The van der Waals surface area contributed by atoms with Crippen molar-refractivity contribution < 1.29 is 9.53 Å². The van der Waals surface area contributed by atoms with Crippen LogP contribution < -0.4 is 10.1 Å². The van der Waals surface area contributed by atoms with Gasteiger partial charge >= 0.3 is 0 Å². The molecule has 128 valence electrons. The van der Waals surface area contributed by atoms with E-state index < -0.39 is 0 Å². The first-order chi connectivity index (χ1) is 12.0. The summed E-state index contributed by atoms with van der Waals surface area (Å²) in [4.78, 5) is 20.5. The maximum atomic E-state index is 12.2. The number of pyridine rings is 2. The van der Waals surface area contributed by atoms with Gasteiger partial charge in [0.25, 0.3) is 5.91 Å². The molecule has 3 heterocycles. The predicted octanol–water partition coefficient (Wildman–Crippen LogP) is 3.46. The standard InChI is InChI=1S/C16H13BrClN5O2/c1-23-8-11(7-20-23)21-16(24)13-5-12(18)10(6-19-13)9-25-15-4-2-3-14(17)22-15/h2-8H,9H2,1H3,(H,21,24). The van der Waals surface area contributed by atoms with Crippen LogP contribution in [0.5, 0.6) is 5.88 Å². The number of aromatic nitrogens is 4. The molecular formula is C16H13BrClN5O2. The summed E-state index contributed by atoms with van der Waals surface area (Å²) in [6, 6.07) is 6.86. The van der Waals surface area contributed by atoms with E-state index in [4.69, 9.17) is 16.3 Å². The average Bonchev–Trinajstić information content (AvgIpc) is 2.98. The Kier molecular flexibility index (Phi) is 5.30. The Hall–Kier alpha value is -2.45. The number of aryl methyl sites for hydroxylation is 1. The van der Waals surface area contributed by atoms with Crippen molar-refractivity contribution in [2.45, 2.75) is 6.61 Å². The van der Waals surface area contributed by atoms with Gasteiger partial charge in [0.05, 0.1) is 16.9 Å². The third-order valence-corrected chi connectivity index (χ3v) is 3.98. The van der Waals surface area contributed by atoms with E-state index in [0.717, 1.165) is 0 Å². The number of amides is 1. The molecule has 1 amide bonds. The molecule has 0 radical (unpaired) electrons. The Balaban J connectivity index is 1.66. The molecule has 0 atom stereocenters. The van der Waals surface area contributed by atoms with Crippen LogP contribution in [0.1, 0.15) is 16.1 Å². The second-order valence-electron chi connectivity index (χ2n) is 5.10. The highest BCUT2D eigenvalue weighted by molar-refractivity contribution is 9.10. The predicted molar refractivity (Wildman–Crippen MR) is 96.7 cm³/mol. The quantitative estimate of drug-likeness (QED) is 0.637. The second kappa shape index (κ2) is 7.62. The number of nitrogens with one attached hydrogen (secondary N) is 1. The maximum Gasteiger partial charge on any atom is 0.274 e. The Morgan fingerprint density at radius 1 is 1.40 bits per heavy atom. The lowest BCUT2D eigenvalue weighted by molar-refractivity contribution is 0.102. The lowest BCUT2D eigenvalue weighted by Crippen LogP contribution is -2.13. The summed E-state index contributed by atoms with van der Waals surface area (Å²) in [5, 5.41) is 7.07. The number of anilines is 1. The topological polar surface area (TPSA) is 81.9 Å².